The molecule has 1 aliphatic rings. The number of rotatable bonds is 2. The van der Waals surface area contributed by atoms with E-state index in [1.54, 1.807) is 29.0 Å². The van der Waals surface area contributed by atoms with E-state index in [0.29, 0.717) is 13.0 Å². The van der Waals surface area contributed by atoms with E-state index in [2.05, 4.69) is 10.4 Å². The maximum atomic E-state index is 12.4. The Morgan fingerprint density at radius 3 is 2.72 bits per heavy atom. The van der Waals surface area contributed by atoms with Gasteiger partial charge < -0.3 is 10.2 Å². The highest BCUT2D eigenvalue weighted by Gasteiger charge is 2.32. The number of carbonyl (C=O) groups is 2. The van der Waals surface area contributed by atoms with Gasteiger partial charge in [-0.3, -0.25) is 14.3 Å². The molecule has 1 N–H and O–H groups in total. The molecule has 2 heterocycles. The van der Waals surface area contributed by atoms with Crippen molar-refractivity contribution in [3.63, 3.8) is 0 Å². The van der Waals surface area contributed by atoms with E-state index in [4.69, 9.17) is 0 Å². The van der Waals surface area contributed by atoms with Crippen LogP contribution >= 0.6 is 0 Å². The summed E-state index contributed by atoms with van der Waals surface area (Å²) in [6.45, 7) is 4.25. The smallest absolute Gasteiger partial charge is 0.249 e. The summed E-state index contributed by atoms with van der Waals surface area (Å²) in [6.07, 6.45) is 3.75. The first-order chi connectivity index (χ1) is 8.49. The molecule has 0 aromatic carbocycles. The number of aromatic nitrogens is 2. The lowest BCUT2D eigenvalue weighted by Gasteiger charge is -2.24. The molecule has 0 aliphatic carbocycles. The number of amides is 2. The van der Waals surface area contributed by atoms with Crippen molar-refractivity contribution in [1.82, 2.24) is 15.1 Å². The van der Waals surface area contributed by atoms with Crippen LogP contribution in [0.1, 0.15) is 20.3 Å². The summed E-state index contributed by atoms with van der Waals surface area (Å²) in [6, 6.07) is -0.458. The van der Waals surface area contributed by atoms with Gasteiger partial charge in [-0.1, -0.05) is 13.8 Å². The van der Waals surface area contributed by atoms with Crippen LogP contribution in [0.5, 0.6) is 0 Å². The van der Waals surface area contributed by atoms with Crippen LogP contribution < -0.4 is 10.2 Å². The van der Waals surface area contributed by atoms with Crippen molar-refractivity contribution < 1.29 is 9.59 Å². The summed E-state index contributed by atoms with van der Waals surface area (Å²) >= 11 is 0. The van der Waals surface area contributed by atoms with Gasteiger partial charge in [0, 0.05) is 26.2 Å². The van der Waals surface area contributed by atoms with E-state index in [1.165, 1.54) is 0 Å². The Bertz CT molecular complexity index is 466. The minimum atomic E-state index is -0.458. The third-order valence-corrected chi connectivity index (χ3v) is 3.08. The van der Waals surface area contributed by atoms with Gasteiger partial charge in [-0.05, 0) is 5.92 Å². The Hall–Kier alpha value is -1.85. The number of carbonyl (C=O) groups excluding carboxylic acids is 2. The van der Waals surface area contributed by atoms with E-state index >= 15 is 0 Å². The molecular formula is C12H18N4O2. The SMILES string of the molecule is CC(C)C1NC(=O)CCN(c2cnn(C)c2)C1=O. The maximum absolute atomic E-state index is 12.4. The zero-order valence-electron chi connectivity index (χ0n) is 10.9. The van der Waals surface area contributed by atoms with Gasteiger partial charge in [-0.15, -0.1) is 0 Å². The van der Waals surface area contributed by atoms with Crippen molar-refractivity contribution in [2.75, 3.05) is 11.4 Å². The second-order valence-electron chi connectivity index (χ2n) is 4.90. The van der Waals surface area contributed by atoms with Crippen molar-refractivity contribution in [3.05, 3.63) is 12.4 Å². The fourth-order valence-electron chi connectivity index (χ4n) is 2.05. The lowest BCUT2D eigenvalue weighted by atomic mass is 10.0. The van der Waals surface area contributed by atoms with Crippen LogP contribution in [0.4, 0.5) is 5.69 Å². The highest BCUT2D eigenvalue weighted by molar-refractivity contribution is 6.01. The second-order valence-corrected chi connectivity index (χ2v) is 4.90. The Labute approximate surface area is 106 Å². The van der Waals surface area contributed by atoms with Gasteiger partial charge in [0.25, 0.3) is 0 Å². The molecule has 2 rings (SSSR count). The van der Waals surface area contributed by atoms with Crippen LogP contribution in [0.3, 0.4) is 0 Å². The third-order valence-electron chi connectivity index (χ3n) is 3.08. The number of nitrogens with one attached hydrogen (secondary N) is 1. The molecule has 0 spiro atoms. The molecule has 0 bridgehead atoms. The van der Waals surface area contributed by atoms with Crippen molar-refractivity contribution in [1.29, 1.82) is 0 Å². The van der Waals surface area contributed by atoms with Crippen LogP contribution in [0, 0.1) is 5.92 Å². The predicted octanol–water partition coefficient (Wildman–Crippen LogP) is 0.298. The molecule has 1 atom stereocenters. The fourth-order valence-corrected chi connectivity index (χ4v) is 2.05. The van der Waals surface area contributed by atoms with Crippen molar-refractivity contribution in [3.8, 4) is 0 Å². The summed E-state index contributed by atoms with van der Waals surface area (Å²) in [5.74, 6) is -0.0731. The van der Waals surface area contributed by atoms with Crippen molar-refractivity contribution in [2.24, 2.45) is 13.0 Å². The molecule has 0 radical (unpaired) electrons. The molecule has 1 aliphatic heterocycles. The normalized spacial score (nSPS) is 21.1. The van der Waals surface area contributed by atoms with Gasteiger partial charge >= 0.3 is 0 Å². The summed E-state index contributed by atoms with van der Waals surface area (Å²) in [7, 11) is 1.80. The molecule has 6 heteroatoms. The topological polar surface area (TPSA) is 67.2 Å². The first-order valence-corrected chi connectivity index (χ1v) is 6.08. The molecular weight excluding hydrogens is 232 g/mol. The largest absolute Gasteiger partial charge is 0.344 e. The fraction of sp³-hybridized carbons (Fsp3) is 0.583. The minimum absolute atomic E-state index is 0.0659. The number of aryl methyl sites for hydroxylation is 1. The Morgan fingerprint density at radius 2 is 2.17 bits per heavy atom. The van der Waals surface area contributed by atoms with Gasteiger partial charge in [0.1, 0.15) is 6.04 Å². The van der Waals surface area contributed by atoms with Gasteiger partial charge in [0.2, 0.25) is 11.8 Å². The van der Waals surface area contributed by atoms with E-state index in [-0.39, 0.29) is 17.7 Å². The number of anilines is 1. The molecule has 18 heavy (non-hydrogen) atoms. The Balaban J connectivity index is 2.29. The number of nitrogens with zero attached hydrogens (tertiary/aromatic N) is 3. The Morgan fingerprint density at radius 1 is 1.44 bits per heavy atom. The van der Waals surface area contributed by atoms with Crippen LogP contribution in [0.15, 0.2) is 12.4 Å². The highest BCUT2D eigenvalue weighted by Crippen LogP contribution is 2.18. The second kappa shape index (κ2) is 4.80. The lowest BCUT2D eigenvalue weighted by molar-refractivity contribution is -0.126. The van der Waals surface area contributed by atoms with E-state index < -0.39 is 6.04 Å². The Kier molecular flexibility index (Phi) is 3.36. The molecule has 0 saturated carbocycles. The van der Waals surface area contributed by atoms with Gasteiger partial charge in [0.05, 0.1) is 11.9 Å². The molecule has 1 unspecified atom stereocenters. The summed E-state index contributed by atoms with van der Waals surface area (Å²) in [5, 5.41) is 6.84. The molecule has 1 aromatic rings. The van der Waals surface area contributed by atoms with E-state index in [9.17, 15) is 9.59 Å². The zero-order valence-corrected chi connectivity index (χ0v) is 10.9. The minimum Gasteiger partial charge on any atom is -0.344 e. The monoisotopic (exact) mass is 250 g/mol. The van der Waals surface area contributed by atoms with Crippen LogP contribution in [0.25, 0.3) is 0 Å². The van der Waals surface area contributed by atoms with Gasteiger partial charge in [-0.25, -0.2) is 0 Å². The molecule has 1 saturated heterocycles. The molecule has 1 aromatic heterocycles. The first kappa shape index (κ1) is 12.6. The average molecular weight is 250 g/mol. The van der Waals surface area contributed by atoms with Gasteiger partial charge in [0.15, 0.2) is 0 Å². The maximum Gasteiger partial charge on any atom is 0.249 e. The standard InChI is InChI=1S/C12H18N4O2/c1-8(2)11-12(18)16(5-4-10(17)14-11)9-6-13-15(3)7-9/h6-8,11H,4-5H2,1-3H3,(H,14,17). The lowest BCUT2D eigenvalue weighted by Crippen LogP contribution is -2.47. The molecule has 98 valence electrons. The van der Waals surface area contributed by atoms with Gasteiger partial charge in [-0.2, -0.15) is 5.10 Å². The number of hydrogen-bond acceptors (Lipinski definition) is 3. The van der Waals surface area contributed by atoms with E-state index in [0.717, 1.165) is 5.69 Å². The highest BCUT2D eigenvalue weighted by atomic mass is 16.2. The van der Waals surface area contributed by atoms with Crippen molar-refractivity contribution in [2.45, 2.75) is 26.3 Å². The summed E-state index contributed by atoms with van der Waals surface area (Å²) in [5.41, 5.74) is 0.740. The zero-order chi connectivity index (χ0) is 13.3. The predicted molar refractivity (Wildman–Crippen MR) is 66.9 cm³/mol. The van der Waals surface area contributed by atoms with Crippen molar-refractivity contribution >= 4 is 17.5 Å². The molecule has 2 amide bonds. The van der Waals surface area contributed by atoms with Crippen LogP contribution in [-0.2, 0) is 16.6 Å². The van der Waals surface area contributed by atoms with Crippen LogP contribution in [0.2, 0.25) is 0 Å². The summed E-state index contributed by atoms with van der Waals surface area (Å²) < 4.78 is 1.65. The average Bonchev–Trinajstić information content (AvgIpc) is 2.65. The third kappa shape index (κ3) is 2.37. The van der Waals surface area contributed by atoms with Crippen LogP contribution in [-0.4, -0.2) is 34.2 Å². The number of hydrogen-bond donors (Lipinski definition) is 1. The summed E-state index contributed by atoms with van der Waals surface area (Å²) in [4.78, 5) is 25.7. The van der Waals surface area contributed by atoms with E-state index in [1.807, 2.05) is 13.8 Å². The molecule has 6 nitrogen and oxygen atoms in total. The first-order valence-electron chi connectivity index (χ1n) is 6.08. The quantitative estimate of drug-likeness (QED) is 0.820. The molecule has 1 fully saturated rings.